The van der Waals surface area contributed by atoms with Gasteiger partial charge in [-0.1, -0.05) is 32.9 Å². The second-order valence-electron chi connectivity index (χ2n) is 8.07. The molecule has 0 N–H and O–H groups in total. The lowest BCUT2D eigenvalue weighted by Gasteiger charge is -2.36. The van der Waals surface area contributed by atoms with Crippen LogP contribution in [0.25, 0.3) is 0 Å². The van der Waals surface area contributed by atoms with E-state index in [-0.39, 0.29) is 22.6 Å². The first kappa shape index (κ1) is 14.1. The molecule has 2 saturated heterocycles. The van der Waals surface area contributed by atoms with E-state index < -0.39 is 0 Å². The zero-order chi connectivity index (χ0) is 14.6. The van der Waals surface area contributed by atoms with Crippen LogP contribution in [-0.2, 0) is 9.53 Å². The van der Waals surface area contributed by atoms with Crippen LogP contribution in [0.4, 0.5) is 0 Å². The third-order valence-electron chi connectivity index (χ3n) is 5.41. The highest BCUT2D eigenvalue weighted by atomic mass is 16.5. The van der Waals surface area contributed by atoms with Crippen LogP contribution >= 0.6 is 0 Å². The van der Waals surface area contributed by atoms with Crippen LogP contribution in [0.3, 0.4) is 0 Å². The van der Waals surface area contributed by atoms with Crippen molar-refractivity contribution >= 4 is 5.91 Å². The first-order valence-electron chi connectivity index (χ1n) is 7.91. The molecular formula is C17H27NO2. The molecule has 112 valence electrons. The van der Waals surface area contributed by atoms with Gasteiger partial charge >= 0.3 is 0 Å². The summed E-state index contributed by atoms with van der Waals surface area (Å²) in [7, 11) is 0. The predicted molar refractivity (Wildman–Crippen MR) is 79.1 cm³/mol. The third-order valence-corrected chi connectivity index (χ3v) is 5.41. The third kappa shape index (κ3) is 1.93. The van der Waals surface area contributed by atoms with Crippen molar-refractivity contribution in [1.82, 2.24) is 4.90 Å². The van der Waals surface area contributed by atoms with Crippen molar-refractivity contribution in [1.29, 1.82) is 0 Å². The van der Waals surface area contributed by atoms with E-state index in [9.17, 15) is 4.79 Å². The summed E-state index contributed by atoms with van der Waals surface area (Å²) in [6.07, 6.45) is 9.42. The summed E-state index contributed by atoms with van der Waals surface area (Å²) in [5.74, 6) is 0.337. The van der Waals surface area contributed by atoms with Gasteiger partial charge in [-0.05, 0) is 38.0 Å². The maximum atomic E-state index is 13.2. The van der Waals surface area contributed by atoms with Gasteiger partial charge in [-0.3, -0.25) is 4.79 Å². The first-order chi connectivity index (χ1) is 9.29. The van der Waals surface area contributed by atoms with Crippen molar-refractivity contribution in [3.05, 3.63) is 12.2 Å². The van der Waals surface area contributed by atoms with Gasteiger partial charge in [0.25, 0.3) is 0 Å². The maximum Gasteiger partial charge on any atom is 0.231 e. The number of carbonyl (C=O) groups excluding carboxylic acids is 1. The van der Waals surface area contributed by atoms with Gasteiger partial charge in [0, 0.05) is 6.42 Å². The Kier molecular flexibility index (Phi) is 3.06. The standard InChI is InChI=1S/C17H27NO2/c1-15(2,3)13-11-20-16(4)12-17(14(19)18(13)16)9-7-5-6-8-10-17/h5,7,13H,6,8-12H2,1-4H3/t13-,16+,17+/m0/s1. The molecule has 0 bridgehead atoms. The number of nitrogens with zero attached hydrogens (tertiary/aromatic N) is 1. The van der Waals surface area contributed by atoms with Crippen molar-refractivity contribution in [2.45, 2.75) is 71.6 Å². The number of amides is 1. The number of hydrogen-bond donors (Lipinski definition) is 0. The molecule has 1 aliphatic carbocycles. The van der Waals surface area contributed by atoms with E-state index in [1.54, 1.807) is 0 Å². The Morgan fingerprint density at radius 1 is 1.35 bits per heavy atom. The van der Waals surface area contributed by atoms with Crippen LogP contribution in [0, 0.1) is 10.8 Å². The Morgan fingerprint density at radius 3 is 2.80 bits per heavy atom. The summed E-state index contributed by atoms with van der Waals surface area (Å²) in [5, 5.41) is 0. The lowest BCUT2D eigenvalue weighted by molar-refractivity contribution is -0.143. The summed E-state index contributed by atoms with van der Waals surface area (Å²) >= 11 is 0. The van der Waals surface area contributed by atoms with Crippen molar-refractivity contribution in [2.75, 3.05) is 6.61 Å². The van der Waals surface area contributed by atoms with Crippen LogP contribution in [0.2, 0.25) is 0 Å². The summed E-state index contributed by atoms with van der Waals surface area (Å²) in [6.45, 7) is 9.41. The molecular weight excluding hydrogens is 250 g/mol. The summed E-state index contributed by atoms with van der Waals surface area (Å²) in [4.78, 5) is 15.3. The van der Waals surface area contributed by atoms with Crippen LogP contribution in [0.5, 0.6) is 0 Å². The van der Waals surface area contributed by atoms with Crippen molar-refractivity contribution < 1.29 is 9.53 Å². The average Bonchev–Trinajstić information content (AvgIpc) is 2.65. The van der Waals surface area contributed by atoms with E-state index in [0.717, 1.165) is 32.1 Å². The Labute approximate surface area is 122 Å². The van der Waals surface area contributed by atoms with Crippen molar-refractivity contribution in [2.24, 2.45) is 10.8 Å². The van der Waals surface area contributed by atoms with Crippen LogP contribution in [-0.4, -0.2) is 29.2 Å². The molecule has 1 spiro atoms. The largest absolute Gasteiger partial charge is 0.354 e. The molecule has 0 aromatic carbocycles. The van der Waals surface area contributed by atoms with Gasteiger partial charge in [-0.2, -0.15) is 0 Å². The maximum absolute atomic E-state index is 13.2. The van der Waals surface area contributed by atoms with Gasteiger partial charge in [-0.15, -0.1) is 0 Å². The molecule has 3 aliphatic rings. The average molecular weight is 277 g/mol. The van der Waals surface area contributed by atoms with Gasteiger partial charge in [-0.25, -0.2) is 0 Å². The molecule has 3 heteroatoms. The zero-order valence-corrected chi connectivity index (χ0v) is 13.2. The van der Waals surface area contributed by atoms with E-state index in [2.05, 4.69) is 44.7 Å². The topological polar surface area (TPSA) is 29.5 Å². The SMILES string of the molecule is CC(C)(C)[C@@H]1CO[C@]2(C)C[C@]3(CC=CCCC3)C(=O)N12. The molecule has 0 saturated carbocycles. The number of allylic oxidation sites excluding steroid dienone is 2. The molecule has 3 rings (SSSR count). The molecule has 2 aliphatic heterocycles. The predicted octanol–water partition coefficient (Wildman–Crippen LogP) is 3.50. The molecule has 1 amide bonds. The smallest absolute Gasteiger partial charge is 0.231 e. The van der Waals surface area contributed by atoms with E-state index >= 15 is 0 Å². The summed E-state index contributed by atoms with van der Waals surface area (Å²) < 4.78 is 6.12. The Balaban J connectivity index is 1.95. The van der Waals surface area contributed by atoms with E-state index in [0.29, 0.717) is 12.5 Å². The molecule has 3 nitrogen and oxygen atoms in total. The number of hydrogen-bond acceptors (Lipinski definition) is 2. The van der Waals surface area contributed by atoms with Crippen LogP contribution < -0.4 is 0 Å². The van der Waals surface area contributed by atoms with Gasteiger partial charge in [0.15, 0.2) is 0 Å². The lowest BCUT2D eigenvalue weighted by Crippen LogP contribution is -2.49. The number of fused-ring (bicyclic) bond motifs is 1. The van der Waals surface area contributed by atoms with Gasteiger partial charge in [0.1, 0.15) is 5.72 Å². The van der Waals surface area contributed by atoms with Gasteiger partial charge in [0.05, 0.1) is 18.1 Å². The van der Waals surface area contributed by atoms with Gasteiger partial charge in [0.2, 0.25) is 5.91 Å². The molecule has 20 heavy (non-hydrogen) atoms. The zero-order valence-electron chi connectivity index (χ0n) is 13.2. The summed E-state index contributed by atoms with van der Waals surface area (Å²) in [5.41, 5.74) is -0.515. The molecule has 3 atom stereocenters. The molecule has 2 fully saturated rings. The molecule has 0 radical (unpaired) electrons. The van der Waals surface area contributed by atoms with E-state index in [1.807, 2.05) is 0 Å². The highest BCUT2D eigenvalue weighted by Crippen LogP contribution is 2.54. The molecule has 0 aromatic heterocycles. The van der Waals surface area contributed by atoms with Crippen molar-refractivity contribution in [3.8, 4) is 0 Å². The Morgan fingerprint density at radius 2 is 2.10 bits per heavy atom. The fraction of sp³-hybridized carbons (Fsp3) is 0.824. The second kappa shape index (κ2) is 4.33. The van der Waals surface area contributed by atoms with E-state index in [4.69, 9.17) is 4.74 Å². The molecule has 2 heterocycles. The highest BCUT2D eigenvalue weighted by Gasteiger charge is 2.63. The monoisotopic (exact) mass is 277 g/mol. The van der Waals surface area contributed by atoms with Crippen LogP contribution in [0.1, 0.15) is 59.8 Å². The van der Waals surface area contributed by atoms with Crippen LogP contribution in [0.15, 0.2) is 12.2 Å². The molecule has 0 aromatic rings. The lowest BCUT2D eigenvalue weighted by atomic mass is 9.77. The Bertz CT molecular complexity index is 450. The normalized spacial score (nSPS) is 41.3. The van der Waals surface area contributed by atoms with E-state index in [1.165, 1.54) is 0 Å². The number of rotatable bonds is 0. The minimum atomic E-state index is -0.382. The first-order valence-corrected chi connectivity index (χ1v) is 7.91. The minimum Gasteiger partial charge on any atom is -0.354 e. The molecule has 0 unspecified atom stereocenters. The highest BCUT2D eigenvalue weighted by molar-refractivity contribution is 5.87. The number of ether oxygens (including phenoxy) is 1. The number of carbonyl (C=O) groups is 1. The Hall–Kier alpha value is -0.830. The fourth-order valence-electron chi connectivity index (χ4n) is 4.26. The fourth-order valence-corrected chi connectivity index (χ4v) is 4.26. The minimum absolute atomic E-state index is 0.0690. The second-order valence-corrected chi connectivity index (χ2v) is 8.07. The van der Waals surface area contributed by atoms with Gasteiger partial charge < -0.3 is 9.64 Å². The quantitative estimate of drug-likeness (QED) is 0.634. The summed E-state index contributed by atoms with van der Waals surface area (Å²) in [6, 6.07) is 0.201. The van der Waals surface area contributed by atoms with Crippen molar-refractivity contribution in [3.63, 3.8) is 0 Å².